The number of pyridine rings is 1. The largest absolute Gasteiger partial charge is 0.463 e. The number of aryl methyl sites for hydroxylation is 1. The second-order valence-corrected chi connectivity index (χ2v) is 9.09. The molecule has 2 heterocycles. The standard InChI is InChI=1S/C25H28FN5O5/c1-14-9-20(26)18(23(33)28-21-7-8-36-30-21)11-17(14)16-10-19(24(34)31(5)6)22(27-12-16)29-25(3,4)13-35-15(2)32/h7-12H,13H2,1-6H3,(H,27,29)(H,28,30,33). The van der Waals surface area contributed by atoms with Crippen LogP contribution in [-0.2, 0) is 9.53 Å². The number of nitrogens with zero attached hydrogens (tertiary/aromatic N) is 3. The van der Waals surface area contributed by atoms with Crippen LogP contribution in [0.5, 0.6) is 0 Å². The number of amides is 2. The highest BCUT2D eigenvalue weighted by Crippen LogP contribution is 2.30. The van der Waals surface area contributed by atoms with Gasteiger partial charge in [-0.1, -0.05) is 5.16 Å². The smallest absolute Gasteiger partial charge is 0.302 e. The quantitative estimate of drug-likeness (QED) is 0.449. The summed E-state index contributed by atoms with van der Waals surface area (Å²) in [5, 5.41) is 9.23. The van der Waals surface area contributed by atoms with E-state index in [1.54, 1.807) is 40.9 Å². The lowest BCUT2D eigenvalue weighted by Gasteiger charge is -2.28. The van der Waals surface area contributed by atoms with Crippen LogP contribution < -0.4 is 10.6 Å². The van der Waals surface area contributed by atoms with E-state index in [0.717, 1.165) is 0 Å². The molecule has 10 nitrogen and oxygen atoms in total. The number of ether oxygens (including phenoxy) is 1. The summed E-state index contributed by atoms with van der Waals surface area (Å²) < 4.78 is 24.5. The number of nitrogens with one attached hydrogen (secondary N) is 2. The van der Waals surface area contributed by atoms with E-state index in [-0.39, 0.29) is 29.5 Å². The van der Waals surface area contributed by atoms with Gasteiger partial charge in [0, 0.05) is 38.8 Å². The Morgan fingerprint density at radius 2 is 1.89 bits per heavy atom. The summed E-state index contributed by atoms with van der Waals surface area (Å²) in [7, 11) is 3.22. The molecule has 0 spiro atoms. The Balaban J connectivity index is 2.02. The normalized spacial score (nSPS) is 11.1. The molecule has 0 fully saturated rings. The second kappa shape index (κ2) is 10.5. The minimum Gasteiger partial charge on any atom is -0.463 e. The SMILES string of the molecule is CC(=O)OCC(C)(C)Nc1ncc(-c2cc(C(=O)Nc3ccon3)c(F)cc2C)cc1C(=O)N(C)C. The number of aromatic nitrogens is 2. The summed E-state index contributed by atoms with van der Waals surface area (Å²) >= 11 is 0. The predicted octanol–water partition coefficient (Wildman–Crippen LogP) is 3.89. The van der Waals surface area contributed by atoms with Crippen molar-refractivity contribution in [2.24, 2.45) is 0 Å². The van der Waals surface area contributed by atoms with Crippen LogP contribution in [0.4, 0.5) is 16.0 Å². The molecule has 0 saturated carbocycles. The Hall–Kier alpha value is -4.28. The fourth-order valence-corrected chi connectivity index (χ4v) is 3.37. The molecular formula is C25H28FN5O5. The van der Waals surface area contributed by atoms with Gasteiger partial charge in [0.2, 0.25) is 0 Å². The molecule has 2 N–H and O–H groups in total. The third-order valence-corrected chi connectivity index (χ3v) is 5.17. The van der Waals surface area contributed by atoms with Gasteiger partial charge in [-0.05, 0) is 50.1 Å². The van der Waals surface area contributed by atoms with Gasteiger partial charge < -0.3 is 24.8 Å². The first-order valence-electron chi connectivity index (χ1n) is 11.0. The monoisotopic (exact) mass is 497 g/mol. The number of carbonyl (C=O) groups is 3. The third kappa shape index (κ3) is 6.23. The molecule has 0 atom stereocenters. The molecule has 0 radical (unpaired) electrons. The molecule has 11 heteroatoms. The van der Waals surface area contributed by atoms with Crippen molar-refractivity contribution < 1.29 is 28.0 Å². The van der Waals surface area contributed by atoms with Gasteiger partial charge in [0.05, 0.1) is 16.7 Å². The lowest BCUT2D eigenvalue weighted by atomic mass is 9.96. The molecule has 3 aromatic rings. The first-order chi connectivity index (χ1) is 16.9. The lowest BCUT2D eigenvalue weighted by molar-refractivity contribution is -0.142. The van der Waals surface area contributed by atoms with E-state index in [9.17, 15) is 18.8 Å². The molecular weight excluding hydrogens is 469 g/mol. The van der Waals surface area contributed by atoms with Gasteiger partial charge in [-0.3, -0.25) is 14.4 Å². The van der Waals surface area contributed by atoms with Crippen LogP contribution in [0.15, 0.2) is 41.2 Å². The van der Waals surface area contributed by atoms with Crippen LogP contribution in [0, 0.1) is 12.7 Å². The highest BCUT2D eigenvalue weighted by molar-refractivity contribution is 6.05. The topological polar surface area (TPSA) is 127 Å². The number of hydrogen-bond donors (Lipinski definition) is 2. The maximum absolute atomic E-state index is 14.7. The zero-order chi connectivity index (χ0) is 26.6. The molecule has 36 heavy (non-hydrogen) atoms. The maximum atomic E-state index is 14.7. The Labute approximate surface area is 207 Å². The minimum atomic E-state index is -0.723. The van der Waals surface area contributed by atoms with Gasteiger partial charge in [0.25, 0.3) is 11.8 Å². The summed E-state index contributed by atoms with van der Waals surface area (Å²) in [5.41, 5.74) is 0.907. The first kappa shape index (κ1) is 26.3. The van der Waals surface area contributed by atoms with E-state index in [4.69, 9.17) is 4.74 Å². The second-order valence-electron chi connectivity index (χ2n) is 9.09. The van der Waals surface area contributed by atoms with Gasteiger partial charge in [0.1, 0.15) is 24.5 Å². The van der Waals surface area contributed by atoms with Gasteiger partial charge >= 0.3 is 5.97 Å². The molecule has 0 aliphatic heterocycles. The fourth-order valence-electron chi connectivity index (χ4n) is 3.37. The number of esters is 1. The molecule has 0 aliphatic carbocycles. The summed E-state index contributed by atoms with van der Waals surface area (Å²) in [6.45, 7) is 6.68. The Morgan fingerprint density at radius 3 is 2.50 bits per heavy atom. The number of benzene rings is 1. The van der Waals surface area contributed by atoms with Crippen molar-refractivity contribution in [3.05, 3.63) is 59.2 Å². The summed E-state index contributed by atoms with van der Waals surface area (Å²) in [4.78, 5) is 42.8. The average molecular weight is 498 g/mol. The van der Waals surface area contributed by atoms with Gasteiger partial charge in [-0.25, -0.2) is 9.37 Å². The Morgan fingerprint density at radius 1 is 1.17 bits per heavy atom. The first-order valence-corrected chi connectivity index (χ1v) is 11.0. The van der Waals surface area contributed by atoms with Crippen LogP contribution in [0.2, 0.25) is 0 Å². The summed E-state index contributed by atoms with van der Waals surface area (Å²) in [6.07, 6.45) is 2.81. The van der Waals surface area contributed by atoms with Gasteiger partial charge in [-0.2, -0.15) is 0 Å². The van der Waals surface area contributed by atoms with Crippen molar-refractivity contribution in [2.75, 3.05) is 31.3 Å². The van der Waals surface area contributed by atoms with Crippen molar-refractivity contribution in [3.8, 4) is 11.1 Å². The molecule has 0 saturated heterocycles. The zero-order valence-electron chi connectivity index (χ0n) is 20.9. The zero-order valence-corrected chi connectivity index (χ0v) is 20.9. The number of carbonyl (C=O) groups excluding carboxylic acids is 3. The van der Waals surface area contributed by atoms with Gasteiger partial charge in [-0.15, -0.1) is 0 Å². The molecule has 0 bridgehead atoms. The van der Waals surface area contributed by atoms with Crippen molar-refractivity contribution in [1.82, 2.24) is 15.0 Å². The summed E-state index contributed by atoms with van der Waals surface area (Å²) in [6, 6.07) is 5.70. The Kier molecular flexibility index (Phi) is 7.71. The maximum Gasteiger partial charge on any atom is 0.302 e. The highest BCUT2D eigenvalue weighted by Gasteiger charge is 2.25. The van der Waals surface area contributed by atoms with Crippen LogP contribution in [0.25, 0.3) is 11.1 Å². The molecule has 0 unspecified atom stereocenters. The lowest BCUT2D eigenvalue weighted by Crippen LogP contribution is -2.38. The highest BCUT2D eigenvalue weighted by atomic mass is 19.1. The fraction of sp³-hybridized carbons (Fsp3) is 0.320. The van der Waals surface area contributed by atoms with E-state index in [1.807, 2.05) is 0 Å². The van der Waals surface area contributed by atoms with Gasteiger partial charge in [0.15, 0.2) is 5.82 Å². The number of rotatable bonds is 8. The number of halogens is 1. The van der Waals surface area contributed by atoms with Crippen molar-refractivity contribution >= 4 is 29.4 Å². The number of anilines is 2. The van der Waals surface area contributed by atoms with E-state index in [1.165, 1.54) is 42.5 Å². The van der Waals surface area contributed by atoms with E-state index >= 15 is 0 Å². The summed E-state index contributed by atoms with van der Waals surface area (Å²) in [5.74, 6) is -1.72. The molecule has 3 rings (SSSR count). The van der Waals surface area contributed by atoms with E-state index in [2.05, 4.69) is 25.3 Å². The predicted molar refractivity (Wildman–Crippen MR) is 131 cm³/mol. The van der Waals surface area contributed by atoms with Crippen LogP contribution >= 0.6 is 0 Å². The van der Waals surface area contributed by atoms with Crippen molar-refractivity contribution in [1.29, 1.82) is 0 Å². The van der Waals surface area contributed by atoms with Crippen LogP contribution in [-0.4, -0.2) is 59.1 Å². The molecule has 190 valence electrons. The van der Waals surface area contributed by atoms with Crippen molar-refractivity contribution in [3.63, 3.8) is 0 Å². The third-order valence-electron chi connectivity index (χ3n) is 5.17. The van der Waals surface area contributed by atoms with Crippen molar-refractivity contribution in [2.45, 2.75) is 33.2 Å². The molecule has 0 aliphatic rings. The Bertz CT molecular complexity index is 1290. The average Bonchev–Trinajstić information content (AvgIpc) is 3.30. The molecule has 2 amide bonds. The minimum absolute atomic E-state index is 0.0580. The molecule has 2 aromatic heterocycles. The number of hydrogen-bond acceptors (Lipinski definition) is 8. The van der Waals surface area contributed by atoms with Crippen LogP contribution in [0.1, 0.15) is 47.1 Å². The van der Waals surface area contributed by atoms with E-state index in [0.29, 0.717) is 22.5 Å². The molecule has 1 aromatic carbocycles. The van der Waals surface area contributed by atoms with E-state index < -0.39 is 23.2 Å². The van der Waals surface area contributed by atoms with Crippen LogP contribution in [0.3, 0.4) is 0 Å².